The Kier molecular flexibility index (Phi) is 5.74. The van der Waals surface area contributed by atoms with Crippen molar-refractivity contribution in [2.24, 2.45) is 12.0 Å². The lowest BCUT2D eigenvalue weighted by Gasteiger charge is -2.35. The largest absolute Gasteiger partial charge is 0.361 e. The number of hydrogen-bond acceptors (Lipinski definition) is 3. The molecule has 3 heterocycles. The van der Waals surface area contributed by atoms with Crippen LogP contribution in [0.15, 0.2) is 41.8 Å². The highest BCUT2D eigenvalue weighted by Gasteiger charge is 2.27. The normalized spacial score (nSPS) is 15.3. The average Bonchev–Trinajstić information content (AvgIpc) is 3.37. The van der Waals surface area contributed by atoms with E-state index in [4.69, 9.17) is 0 Å². The van der Waals surface area contributed by atoms with Crippen molar-refractivity contribution in [3.63, 3.8) is 0 Å². The third-order valence-corrected chi connectivity index (χ3v) is 5.68. The summed E-state index contributed by atoms with van der Waals surface area (Å²) >= 11 is 0. The van der Waals surface area contributed by atoms with Gasteiger partial charge in [-0.25, -0.2) is 0 Å². The first kappa shape index (κ1) is 20.0. The molecular formula is C22H29N7O. The number of para-hydroxylation sites is 1. The molecule has 1 amide bonds. The van der Waals surface area contributed by atoms with Crippen LogP contribution in [0.3, 0.4) is 0 Å². The molecule has 0 atom stereocenters. The van der Waals surface area contributed by atoms with Gasteiger partial charge in [-0.05, 0) is 24.0 Å². The van der Waals surface area contributed by atoms with E-state index in [1.54, 1.807) is 22.8 Å². The number of nitrogens with zero attached hydrogens (tertiary/aromatic N) is 5. The number of nitrogens with one attached hydrogen (secondary N) is 2. The number of aromatic nitrogens is 3. The van der Waals surface area contributed by atoms with E-state index in [-0.39, 0.29) is 5.91 Å². The Morgan fingerprint density at radius 3 is 2.87 bits per heavy atom. The minimum absolute atomic E-state index is 0.0564. The Morgan fingerprint density at radius 2 is 2.17 bits per heavy atom. The number of H-pyrrole nitrogens is 1. The molecule has 1 aliphatic rings. The molecular weight excluding hydrogens is 378 g/mol. The summed E-state index contributed by atoms with van der Waals surface area (Å²) in [5.74, 6) is 0.823. The van der Waals surface area contributed by atoms with Gasteiger partial charge in [-0.15, -0.1) is 0 Å². The SMILES string of the molecule is CCc1cccc2c(CCNC(=NC)N3CCN(c4cnn(C)c4)C(=O)C3)c[nH]c12. The number of piperazine rings is 1. The van der Waals surface area contributed by atoms with Gasteiger partial charge in [0, 0.05) is 57.0 Å². The molecule has 1 fully saturated rings. The first-order chi connectivity index (χ1) is 14.6. The van der Waals surface area contributed by atoms with Gasteiger partial charge in [-0.3, -0.25) is 14.5 Å². The zero-order valence-corrected chi connectivity index (χ0v) is 17.9. The minimum Gasteiger partial charge on any atom is -0.361 e. The second-order valence-electron chi connectivity index (χ2n) is 7.57. The Morgan fingerprint density at radius 1 is 1.30 bits per heavy atom. The highest BCUT2D eigenvalue weighted by molar-refractivity contribution is 5.98. The van der Waals surface area contributed by atoms with Crippen LogP contribution in [0, 0.1) is 0 Å². The first-order valence-corrected chi connectivity index (χ1v) is 10.4. The van der Waals surface area contributed by atoms with E-state index in [2.05, 4.69) is 51.7 Å². The van der Waals surface area contributed by atoms with E-state index in [0.717, 1.165) is 37.6 Å². The van der Waals surface area contributed by atoms with Crippen LogP contribution in [-0.4, -0.2) is 64.8 Å². The molecule has 0 saturated carbocycles. The molecule has 0 radical (unpaired) electrons. The molecule has 0 aliphatic carbocycles. The molecule has 4 rings (SSSR count). The van der Waals surface area contributed by atoms with Gasteiger partial charge in [-0.2, -0.15) is 5.10 Å². The molecule has 0 unspecified atom stereocenters. The van der Waals surface area contributed by atoms with Crippen molar-refractivity contribution in [3.8, 4) is 0 Å². The fourth-order valence-corrected chi connectivity index (χ4v) is 4.09. The second-order valence-corrected chi connectivity index (χ2v) is 7.57. The maximum atomic E-state index is 12.7. The fourth-order valence-electron chi connectivity index (χ4n) is 4.09. The lowest BCUT2D eigenvalue weighted by molar-refractivity contribution is -0.120. The summed E-state index contributed by atoms with van der Waals surface area (Å²) in [6.45, 7) is 4.59. The quantitative estimate of drug-likeness (QED) is 0.500. The summed E-state index contributed by atoms with van der Waals surface area (Å²) in [6.07, 6.45) is 7.60. The van der Waals surface area contributed by atoms with E-state index >= 15 is 0 Å². The number of benzene rings is 1. The molecule has 158 valence electrons. The molecule has 8 heteroatoms. The Bertz CT molecular complexity index is 1060. The predicted molar refractivity (Wildman–Crippen MR) is 120 cm³/mol. The van der Waals surface area contributed by atoms with Crippen LogP contribution in [0.4, 0.5) is 5.69 Å². The van der Waals surface area contributed by atoms with Crippen LogP contribution in [0.25, 0.3) is 10.9 Å². The van der Waals surface area contributed by atoms with Crippen molar-refractivity contribution in [3.05, 3.63) is 47.9 Å². The number of carbonyl (C=O) groups excluding carboxylic acids is 1. The summed E-state index contributed by atoms with van der Waals surface area (Å²) in [5, 5.41) is 8.87. The van der Waals surface area contributed by atoms with Gasteiger partial charge >= 0.3 is 0 Å². The number of anilines is 1. The van der Waals surface area contributed by atoms with Crippen molar-refractivity contribution >= 4 is 28.5 Å². The Labute approximate surface area is 176 Å². The van der Waals surface area contributed by atoms with Crippen molar-refractivity contribution < 1.29 is 4.79 Å². The molecule has 3 aromatic rings. The maximum absolute atomic E-state index is 12.7. The van der Waals surface area contributed by atoms with Crippen LogP contribution >= 0.6 is 0 Å². The van der Waals surface area contributed by atoms with E-state index in [0.29, 0.717) is 13.1 Å². The number of aromatic amines is 1. The highest BCUT2D eigenvalue weighted by atomic mass is 16.2. The summed E-state index contributed by atoms with van der Waals surface area (Å²) < 4.78 is 1.71. The van der Waals surface area contributed by atoms with Crippen molar-refractivity contribution in [2.75, 3.05) is 38.1 Å². The lowest BCUT2D eigenvalue weighted by Crippen LogP contribution is -2.55. The molecule has 1 aromatic carbocycles. The van der Waals surface area contributed by atoms with E-state index in [1.165, 1.54) is 22.0 Å². The van der Waals surface area contributed by atoms with E-state index < -0.39 is 0 Å². The van der Waals surface area contributed by atoms with E-state index in [1.807, 2.05) is 18.1 Å². The highest BCUT2D eigenvalue weighted by Crippen LogP contribution is 2.22. The predicted octanol–water partition coefficient (Wildman–Crippen LogP) is 1.93. The topological polar surface area (TPSA) is 81.6 Å². The molecule has 0 bridgehead atoms. The van der Waals surface area contributed by atoms with Crippen LogP contribution in [0.5, 0.6) is 0 Å². The van der Waals surface area contributed by atoms with Gasteiger partial charge in [0.05, 0.1) is 11.9 Å². The molecule has 30 heavy (non-hydrogen) atoms. The zero-order valence-electron chi connectivity index (χ0n) is 17.9. The summed E-state index contributed by atoms with van der Waals surface area (Å²) in [6, 6.07) is 6.47. The third-order valence-electron chi connectivity index (χ3n) is 5.68. The summed E-state index contributed by atoms with van der Waals surface area (Å²) in [7, 11) is 3.62. The standard InChI is InChI=1S/C22H29N7O/c1-4-16-6-5-7-19-17(12-25-21(16)19)8-9-24-22(23-2)28-10-11-29(20(30)15-28)18-13-26-27(3)14-18/h5-7,12-14,25H,4,8-11,15H2,1-3H3,(H,23,24). The smallest absolute Gasteiger partial charge is 0.246 e. The van der Waals surface area contributed by atoms with Gasteiger partial charge < -0.3 is 20.1 Å². The van der Waals surface area contributed by atoms with Crippen LogP contribution in [0.1, 0.15) is 18.1 Å². The number of carbonyl (C=O) groups is 1. The van der Waals surface area contributed by atoms with Crippen LogP contribution in [0.2, 0.25) is 0 Å². The zero-order chi connectivity index (χ0) is 21.1. The fraction of sp³-hybridized carbons (Fsp3) is 0.409. The second kappa shape index (κ2) is 8.61. The summed E-state index contributed by atoms with van der Waals surface area (Å²) in [5.41, 5.74) is 4.71. The third kappa shape index (κ3) is 3.90. The number of rotatable bonds is 5. The average molecular weight is 408 g/mol. The Hall–Kier alpha value is -3.29. The van der Waals surface area contributed by atoms with Crippen LogP contribution < -0.4 is 10.2 Å². The maximum Gasteiger partial charge on any atom is 0.246 e. The molecule has 1 saturated heterocycles. The Balaban J connectivity index is 1.35. The first-order valence-electron chi connectivity index (χ1n) is 10.4. The number of aliphatic imine (C=N–C) groups is 1. The van der Waals surface area contributed by atoms with Gasteiger partial charge in [-0.1, -0.05) is 25.1 Å². The van der Waals surface area contributed by atoms with Crippen molar-refractivity contribution in [1.29, 1.82) is 0 Å². The number of amides is 1. The molecule has 8 nitrogen and oxygen atoms in total. The van der Waals surface area contributed by atoms with E-state index in [9.17, 15) is 4.79 Å². The molecule has 2 aromatic heterocycles. The van der Waals surface area contributed by atoms with Gasteiger partial charge in [0.25, 0.3) is 0 Å². The lowest BCUT2D eigenvalue weighted by atomic mass is 10.1. The number of guanidine groups is 1. The van der Waals surface area contributed by atoms with Gasteiger partial charge in [0.2, 0.25) is 5.91 Å². The molecule has 0 spiro atoms. The monoisotopic (exact) mass is 407 g/mol. The van der Waals surface area contributed by atoms with Gasteiger partial charge in [0.15, 0.2) is 5.96 Å². The van der Waals surface area contributed by atoms with Crippen molar-refractivity contribution in [2.45, 2.75) is 19.8 Å². The minimum atomic E-state index is 0.0564. The van der Waals surface area contributed by atoms with Crippen molar-refractivity contribution in [1.82, 2.24) is 25.0 Å². The van der Waals surface area contributed by atoms with Crippen LogP contribution in [-0.2, 0) is 24.7 Å². The molecule has 1 aliphatic heterocycles. The number of aryl methyl sites for hydroxylation is 2. The van der Waals surface area contributed by atoms with Gasteiger partial charge in [0.1, 0.15) is 6.54 Å². The number of fused-ring (bicyclic) bond motifs is 1. The molecule has 2 N–H and O–H groups in total. The summed E-state index contributed by atoms with van der Waals surface area (Å²) in [4.78, 5) is 24.3. The number of hydrogen-bond donors (Lipinski definition) is 2.